The van der Waals surface area contributed by atoms with Crippen LogP contribution in [-0.2, 0) is 13.1 Å². The number of rotatable bonds is 8. The SMILES string of the molecule is CCNC(=NCCCCn1ccnc1C)N1CCN(Cc2ccc3c(c2)OCO3)CC1.I. The molecule has 0 spiro atoms. The molecule has 0 atom stereocenters. The Morgan fingerprint density at radius 3 is 2.69 bits per heavy atom. The molecule has 1 aromatic carbocycles. The highest BCUT2D eigenvalue weighted by molar-refractivity contribution is 14.0. The minimum absolute atomic E-state index is 0. The number of ether oxygens (including phenoxy) is 2. The molecular formula is C23H35IN6O2. The second kappa shape index (κ2) is 12.3. The monoisotopic (exact) mass is 554 g/mol. The largest absolute Gasteiger partial charge is 0.454 e. The molecule has 0 bridgehead atoms. The van der Waals surface area contributed by atoms with Crippen LogP contribution in [0.5, 0.6) is 11.5 Å². The summed E-state index contributed by atoms with van der Waals surface area (Å²) in [6, 6.07) is 6.25. The number of halogens is 1. The fourth-order valence-corrected chi connectivity index (χ4v) is 4.06. The van der Waals surface area contributed by atoms with Crippen molar-refractivity contribution < 1.29 is 9.47 Å². The van der Waals surface area contributed by atoms with Gasteiger partial charge in [0.2, 0.25) is 6.79 Å². The van der Waals surface area contributed by atoms with Gasteiger partial charge in [0.25, 0.3) is 0 Å². The lowest BCUT2D eigenvalue weighted by atomic mass is 10.1. The Balaban J connectivity index is 0.00000289. The minimum Gasteiger partial charge on any atom is -0.454 e. The smallest absolute Gasteiger partial charge is 0.231 e. The minimum atomic E-state index is 0. The molecule has 0 aliphatic carbocycles. The maximum atomic E-state index is 5.51. The van der Waals surface area contributed by atoms with Gasteiger partial charge in [0.1, 0.15) is 5.82 Å². The molecule has 0 unspecified atom stereocenters. The molecule has 4 rings (SSSR count). The molecule has 9 heteroatoms. The van der Waals surface area contributed by atoms with Gasteiger partial charge in [-0.15, -0.1) is 24.0 Å². The molecule has 32 heavy (non-hydrogen) atoms. The van der Waals surface area contributed by atoms with Crippen LogP contribution >= 0.6 is 24.0 Å². The number of nitrogens with zero attached hydrogens (tertiary/aromatic N) is 5. The molecule has 3 heterocycles. The molecule has 176 valence electrons. The van der Waals surface area contributed by atoms with E-state index < -0.39 is 0 Å². The van der Waals surface area contributed by atoms with Crippen molar-refractivity contribution in [1.29, 1.82) is 0 Å². The van der Waals surface area contributed by atoms with Gasteiger partial charge in [-0.2, -0.15) is 0 Å². The van der Waals surface area contributed by atoms with Crippen LogP contribution in [0, 0.1) is 6.92 Å². The number of fused-ring (bicyclic) bond motifs is 1. The zero-order valence-electron chi connectivity index (χ0n) is 19.1. The van der Waals surface area contributed by atoms with Crippen molar-refractivity contribution in [3.05, 3.63) is 42.0 Å². The maximum absolute atomic E-state index is 5.51. The molecule has 8 nitrogen and oxygen atoms in total. The van der Waals surface area contributed by atoms with Crippen molar-refractivity contribution in [2.45, 2.75) is 39.8 Å². The molecule has 0 radical (unpaired) electrons. The van der Waals surface area contributed by atoms with Crippen molar-refractivity contribution in [2.24, 2.45) is 4.99 Å². The molecule has 0 saturated carbocycles. The van der Waals surface area contributed by atoms with E-state index in [1.54, 1.807) is 0 Å². The third-order valence-corrected chi connectivity index (χ3v) is 5.84. The number of aryl methyl sites for hydroxylation is 2. The fourth-order valence-electron chi connectivity index (χ4n) is 4.06. The highest BCUT2D eigenvalue weighted by Gasteiger charge is 2.20. The summed E-state index contributed by atoms with van der Waals surface area (Å²) in [6.07, 6.45) is 6.11. The van der Waals surface area contributed by atoms with Crippen LogP contribution in [0.15, 0.2) is 35.6 Å². The van der Waals surface area contributed by atoms with Crippen molar-refractivity contribution in [3.8, 4) is 11.5 Å². The third kappa shape index (κ3) is 6.50. The summed E-state index contributed by atoms with van der Waals surface area (Å²) in [7, 11) is 0. The van der Waals surface area contributed by atoms with Gasteiger partial charge < -0.3 is 24.3 Å². The first-order valence-corrected chi connectivity index (χ1v) is 11.3. The van der Waals surface area contributed by atoms with E-state index in [1.807, 2.05) is 25.4 Å². The van der Waals surface area contributed by atoms with Crippen LogP contribution in [0.2, 0.25) is 0 Å². The van der Waals surface area contributed by atoms with Gasteiger partial charge in [0, 0.05) is 64.8 Å². The molecule has 2 aliphatic rings. The van der Waals surface area contributed by atoms with E-state index in [9.17, 15) is 0 Å². The van der Waals surface area contributed by atoms with Gasteiger partial charge in [0.05, 0.1) is 0 Å². The molecular weight excluding hydrogens is 519 g/mol. The Labute approximate surface area is 208 Å². The van der Waals surface area contributed by atoms with E-state index in [0.29, 0.717) is 6.79 Å². The normalized spacial score (nSPS) is 16.2. The van der Waals surface area contributed by atoms with E-state index in [0.717, 1.165) is 88.5 Å². The highest BCUT2D eigenvalue weighted by atomic mass is 127. The van der Waals surface area contributed by atoms with E-state index in [-0.39, 0.29) is 24.0 Å². The summed E-state index contributed by atoms with van der Waals surface area (Å²) >= 11 is 0. The second-order valence-corrected chi connectivity index (χ2v) is 8.06. The van der Waals surface area contributed by atoms with Gasteiger partial charge in [-0.3, -0.25) is 9.89 Å². The number of imidazole rings is 1. The van der Waals surface area contributed by atoms with Crippen molar-refractivity contribution in [3.63, 3.8) is 0 Å². The Kier molecular flexibility index (Phi) is 9.46. The van der Waals surface area contributed by atoms with Crippen LogP contribution in [-0.4, -0.2) is 71.4 Å². The first kappa shape index (κ1) is 24.6. The van der Waals surface area contributed by atoms with Crippen molar-refractivity contribution in [2.75, 3.05) is 46.1 Å². The molecule has 1 fully saturated rings. The summed E-state index contributed by atoms with van der Waals surface area (Å²) in [5.74, 6) is 3.83. The zero-order chi connectivity index (χ0) is 21.5. The quantitative estimate of drug-likeness (QED) is 0.234. The predicted molar refractivity (Wildman–Crippen MR) is 137 cm³/mol. The molecule has 1 N–H and O–H groups in total. The number of unbranched alkanes of at least 4 members (excludes halogenated alkanes) is 1. The zero-order valence-corrected chi connectivity index (χ0v) is 21.5. The van der Waals surface area contributed by atoms with E-state index in [1.165, 1.54) is 5.56 Å². The van der Waals surface area contributed by atoms with E-state index in [2.05, 4.69) is 43.7 Å². The Bertz CT molecular complexity index is 879. The van der Waals surface area contributed by atoms with E-state index >= 15 is 0 Å². The Morgan fingerprint density at radius 1 is 1.12 bits per heavy atom. The number of hydrogen-bond donors (Lipinski definition) is 1. The predicted octanol–water partition coefficient (Wildman–Crippen LogP) is 3.10. The summed E-state index contributed by atoms with van der Waals surface area (Å²) < 4.78 is 13.1. The number of aliphatic imine (C=N–C) groups is 1. The number of hydrogen-bond acceptors (Lipinski definition) is 5. The third-order valence-electron chi connectivity index (χ3n) is 5.84. The van der Waals surface area contributed by atoms with Gasteiger partial charge in [-0.1, -0.05) is 6.07 Å². The number of guanidine groups is 1. The summed E-state index contributed by atoms with van der Waals surface area (Å²) in [5.41, 5.74) is 1.27. The van der Waals surface area contributed by atoms with Crippen molar-refractivity contribution >= 4 is 29.9 Å². The summed E-state index contributed by atoms with van der Waals surface area (Å²) in [5, 5.41) is 3.47. The van der Waals surface area contributed by atoms with Crippen LogP contribution in [0.1, 0.15) is 31.2 Å². The maximum Gasteiger partial charge on any atom is 0.231 e. The Hall–Kier alpha value is -2.01. The molecule has 2 aromatic rings. The lowest BCUT2D eigenvalue weighted by molar-refractivity contribution is 0.171. The number of benzene rings is 1. The molecule has 2 aliphatic heterocycles. The summed E-state index contributed by atoms with van der Waals surface area (Å²) in [6.45, 7) is 12.2. The molecule has 1 saturated heterocycles. The molecule has 0 amide bonds. The van der Waals surface area contributed by atoms with Gasteiger partial charge in [0.15, 0.2) is 17.5 Å². The van der Waals surface area contributed by atoms with Crippen LogP contribution in [0.3, 0.4) is 0 Å². The highest BCUT2D eigenvalue weighted by Crippen LogP contribution is 2.32. The average molecular weight is 554 g/mol. The van der Waals surface area contributed by atoms with Crippen LogP contribution in [0.25, 0.3) is 0 Å². The first-order chi connectivity index (χ1) is 15.2. The topological polar surface area (TPSA) is 67.2 Å². The van der Waals surface area contributed by atoms with Gasteiger partial charge >= 0.3 is 0 Å². The second-order valence-electron chi connectivity index (χ2n) is 8.06. The first-order valence-electron chi connectivity index (χ1n) is 11.3. The fraction of sp³-hybridized carbons (Fsp3) is 0.565. The van der Waals surface area contributed by atoms with Gasteiger partial charge in [-0.05, 0) is 44.4 Å². The number of piperazine rings is 1. The lowest BCUT2D eigenvalue weighted by Gasteiger charge is -2.36. The van der Waals surface area contributed by atoms with E-state index in [4.69, 9.17) is 14.5 Å². The molecule has 1 aromatic heterocycles. The van der Waals surface area contributed by atoms with Crippen LogP contribution in [0.4, 0.5) is 0 Å². The number of nitrogens with one attached hydrogen (secondary N) is 1. The van der Waals surface area contributed by atoms with Gasteiger partial charge in [-0.25, -0.2) is 4.98 Å². The lowest BCUT2D eigenvalue weighted by Crippen LogP contribution is -2.52. The van der Waals surface area contributed by atoms with Crippen molar-refractivity contribution in [1.82, 2.24) is 24.7 Å². The van der Waals surface area contributed by atoms with Crippen LogP contribution < -0.4 is 14.8 Å². The summed E-state index contributed by atoms with van der Waals surface area (Å²) in [4.78, 5) is 14.0. The standard InChI is InChI=1S/C23H34N6O2.HI/c1-3-24-23(26-8-4-5-10-28-11-9-25-19(28)2)29-14-12-27(13-15-29)17-20-6-7-21-22(16-20)31-18-30-21;/h6-7,9,11,16H,3-5,8,10,12-15,17-18H2,1-2H3,(H,24,26);1H. The average Bonchev–Trinajstić information content (AvgIpc) is 3.42. The Morgan fingerprint density at radius 2 is 1.94 bits per heavy atom. The number of aromatic nitrogens is 2.